The molecule has 0 fully saturated rings. The van der Waals surface area contributed by atoms with E-state index < -0.39 is 8.32 Å². The molecule has 0 aromatic rings. The average molecular weight is 200 g/mol. The molecule has 0 aliphatic heterocycles. The van der Waals surface area contributed by atoms with Gasteiger partial charge in [-0.15, -0.1) is 0 Å². The van der Waals surface area contributed by atoms with Crippen molar-refractivity contribution in [1.82, 2.24) is 0 Å². The van der Waals surface area contributed by atoms with Gasteiger partial charge in [-0.05, 0) is 31.0 Å². The average Bonchev–Trinajstić information content (AvgIpc) is 2.02. The molecule has 0 rings (SSSR count). The van der Waals surface area contributed by atoms with E-state index in [0.29, 0.717) is 5.04 Å². The lowest BCUT2D eigenvalue weighted by molar-refractivity contribution is 0.365. The van der Waals surface area contributed by atoms with Crippen LogP contribution in [0, 0.1) is 0 Å². The molecule has 1 atom stereocenters. The van der Waals surface area contributed by atoms with E-state index in [1.54, 1.807) is 0 Å². The first-order chi connectivity index (χ1) is 5.87. The molecule has 0 aromatic carbocycles. The standard InChI is InChI=1S/C11H24OSi/c1-7-8-9-10-13(6,12-5)11(2,3)4/h7-8H,9-10H2,1-6H3. The number of hydrogen-bond donors (Lipinski definition) is 0. The molecule has 0 heterocycles. The molecule has 0 radical (unpaired) electrons. The molecule has 0 aliphatic carbocycles. The smallest absolute Gasteiger partial charge is 0.194 e. The summed E-state index contributed by atoms with van der Waals surface area (Å²) in [5.41, 5.74) is 0. The van der Waals surface area contributed by atoms with E-state index in [0.717, 1.165) is 6.42 Å². The SMILES string of the molecule is CC=CCC[Si](C)(OC)C(C)(C)C. The highest BCUT2D eigenvalue weighted by molar-refractivity contribution is 6.75. The lowest BCUT2D eigenvalue weighted by atomic mass is 10.2. The summed E-state index contributed by atoms with van der Waals surface area (Å²) in [6, 6.07) is 1.22. The molecule has 1 unspecified atom stereocenters. The van der Waals surface area contributed by atoms with Crippen LogP contribution in [0.3, 0.4) is 0 Å². The Morgan fingerprint density at radius 1 is 1.31 bits per heavy atom. The van der Waals surface area contributed by atoms with Gasteiger partial charge in [-0.3, -0.25) is 0 Å². The van der Waals surface area contributed by atoms with Gasteiger partial charge in [0.1, 0.15) is 0 Å². The fourth-order valence-corrected chi connectivity index (χ4v) is 3.59. The third kappa shape index (κ3) is 3.65. The van der Waals surface area contributed by atoms with Crippen molar-refractivity contribution in [2.75, 3.05) is 7.11 Å². The Morgan fingerprint density at radius 2 is 1.85 bits per heavy atom. The summed E-state index contributed by atoms with van der Waals surface area (Å²) in [6.45, 7) is 11.3. The molecule has 0 amide bonds. The first-order valence-electron chi connectivity index (χ1n) is 5.03. The molecule has 0 aromatic heterocycles. The summed E-state index contributed by atoms with van der Waals surface area (Å²) >= 11 is 0. The second-order valence-electron chi connectivity index (χ2n) is 4.79. The quantitative estimate of drug-likeness (QED) is 0.493. The highest BCUT2D eigenvalue weighted by Gasteiger charge is 2.40. The second-order valence-corrected chi connectivity index (χ2v) is 9.66. The molecule has 0 saturated heterocycles. The summed E-state index contributed by atoms with van der Waals surface area (Å²) < 4.78 is 5.75. The van der Waals surface area contributed by atoms with Crippen LogP contribution >= 0.6 is 0 Å². The van der Waals surface area contributed by atoms with Gasteiger partial charge in [-0.25, -0.2) is 0 Å². The van der Waals surface area contributed by atoms with E-state index in [2.05, 4.69) is 46.4 Å². The Kier molecular flexibility index (Phi) is 4.93. The lowest BCUT2D eigenvalue weighted by Crippen LogP contribution is -2.42. The van der Waals surface area contributed by atoms with Crippen molar-refractivity contribution in [2.24, 2.45) is 0 Å². The third-order valence-corrected chi connectivity index (χ3v) is 8.38. The Morgan fingerprint density at radius 3 is 2.15 bits per heavy atom. The zero-order chi connectivity index (χ0) is 10.5. The summed E-state index contributed by atoms with van der Waals surface area (Å²) in [4.78, 5) is 0. The molecule has 13 heavy (non-hydrogen) atoms. The first kappa shape index (κ1) is 12.9. The molecule has 0 saturated carbocycles. The van der Waals surface area contributed by atoms with Gasteiger partial charge in [0.25, 0.3) is 0 Å². The largest absolute Gasteiger partial charge is 0.420 e. The Balaban J connectivity index is 4.29. The zero-order valence-electron chi connectivity index (χ0n) is 9.98. The van der Waals surface area contributed by atoms with E-state index >= 15 is 0 Å². The number of hydrogen-bond acceptors (Lipinski definition) is 1. The van der Waals surface area contributed by atoms with Crippen molar-refractivity contribution in [3.63, 3.8) is 0 Å². The molecule has 0 spiro atoms. The molecular formula is C11H24OSi. The van der Waals surface area contributed by atoms with Crippen LogP contribution < -0.4 is 0 Å². The van der Waals surface area contributed by atoms with Gasteiger partial charge in [0.05, 0.1) is 0 Å². The third-order valence-electron chi connectivity index (χ3n) is 3.06. The van der Waals surface area contributed by atoms with Gasteiger partial charge in [0.15, 0.2) is 8.32 Å². The van der Waals surface area contributed by atoms with Crippen molar-refractivity contribution in [3.05, 3.63) is 12.2 Å². The predicted octanol–water partition coefficient (Wildman–Crippen LogP) is 3.97. The predicted molar refractivity (Wildman–Crippen MR) is 62.6 cm³/mol. The van der Waals surface area contributed by atoms with Crippen LogP contribution in [0.4, 0.5) is 0 Å². The molecule has 0 bridgehead atoms. The van der Waals surface area contributed by atoms with Gasteiger partial charge >= 0.3 is 0 Å². The van der Waals surface area contributed by atoms with E-state index in [9.17, 15) is 0 Å². The zero-order valence-corrected chi connectivity index (χ0v) is 11.0. The maximum Gasteiger partial charge on any atom is 0.194 e. The molecule has 0 N–H and O–H groups in total. The molecule has 2 heteroatoms. The van der Waals surface area contributed by atoms with Gasteiger partial charge < -0.3 is 4.43 Å². The highest BCUT2D eigenvalue weighted by atomic mass is 28.4. The van der Waals surface area contributed by atoms with E-state index in [1.807, 2.05) is 7.11 Å². The molecule has 0 aliphatic rings. The van der Waals surface area contributed by atoms with Gasteiger partial charge in [-0.1, -0.05) is 32.9 Å². The topological polar surface area (TPSA) is 9.23 Å². The van der Waals surface area contributed by atoms with Crippen molar-refractivity contribution in [2.45, 2.75) is 51.7 Å². The monoisotopic (exact) mass is 200 g/mol. The van der Waals surface area contributed by atoms with Crippen molar-refractivity contribution in [1.29, 1.82) is 0 Å². The Hall–Kier alpha value is -0.0831. The molecule has 78 valence electrons. The minimum absolute atomic E-state index is 0.337. The van der Waals surface area contributed by atoms with E-state index in [-0.39, 0.29) is 0 Å². The van der Waals surface area contributed by atoms with Gasteiger partial charge in [-0.2, -0.15) is 0 Å². The van der Waals surface area contributed by atoms with Crippen molar-refractivity contribution < 1.29 is 4.43 Å². The van der Waals surface area contributed by atoms with Crippen molar-refractivity contribution >= 4 is 8.32 Å². The number of allylic oxidation sites excluding steroid dienone is 2. The van der Waals surface area contributed by atoms with Crippen molar-refractivity contribution in [3.8, 4) is 0 Å². The van der Waals surface area contributed by atoms with Crippen LogP contribution in [0.15, 0.2) is 12.2 Å². The number of rotatable bonds is 4. The normalized spacial score (nSPS) is 17.7. The van der Waals surface area contributed by atoms with Crippen LogP contribution in [-0.4, -0.2) is 15.4 Å². The van der Waals surface area contributed by atoms with Gasteiger partial charge in [0, 0.05) is 7.11 Å². The maximum absolute atomic E-state index is 5.75. The van der Waals surface area contributed by atoms with Crippen LogP contribution in [0.1, 0.15) is 34.1 Å². The minimum atomic E-state index is -1.51. The maximum atomic E-state index is 5.75. The Bertz CT molecular complexity index is 169. The van der Waals surface area contributed by atoms with Gasteiger partial charge in [0.2, 0.25) is 0 Å². The second kappa shape index (κ2) is 4.96. The van der Waals surface area contributed by atoms with E-state index in [4.69, 9.17) is 4.43 Å². The lowest BCUT2D eigenvalue weighted by Gasteiger charge is -2.38. The minimum Gasteiger partial charge on any atom is -0.420 e. The van der Waals surface area contributed by atoms with Crippen LogP contribution in [0.2, 0.25) is 17.6 Å². The summed E-state index contributed by atoms with van der Waals surface area (Å²) in [7, 11) is 0.355. The fourth-order valence-electron chi connectivity index (χ4n) is 1.31. The fraction of sp³-hybridized carbons (Fsp3) is 0.818. The summed E-state index contributed by atoms with van der Waals surface area (Å²) in [5, 5.41) is 0.337. The Labute approximate surface area is 84.3 Å². The first-order valence-corrected chi connectivity index (χ1v) is 7.65. The molecule has 1 nitrogen and oxygen atoms in total. The van der Waals surface area contributed by atoms with Crippen LogP contribution in [-0.2, 0) is 4.43 Å². The summed E-state index contributed by atoms with van der Waals surface area (Å²) in [6.07, 6.45) is 5.51. The molecular weight excluding hydrogens is 176 g/mol. The van der Waals surface area contributed by atoms with E-state index in [1.165, 1.54) is 6.04 Å². The summed E-state index contributed by atoms with van der Waals surface area (Å²) in [5.74, 6) is 0. The highest BCUT2D eigenvalue weighted by Crippen LogP contribution is 2.39. The van der Waals surface area contributed by atoms with Crippen LogP contribution in [0.25, 0.3) is 0 Å². The van der Waals surface area contributed by atoms with Crippen LogP contribution in [0.5, 0.6) is 0 Å².